The van der Waals surface area contributed by atoms with Gasteiger partial charge in [0.05, 0.1) is 12.7 Å². The van der Waals surface area contributed by atoms with Crippen LogP contribution in [0.25, 0.3) is 0 Å². The number of carbonyl (C=O) groups is 2. The second-order valence-electron chi connectivity index (χ2n) is 8.00. The summed E-state index contributed by atoms with van der Waals surface area (Å²) in [7, 11) is 1.54. The highest BCUT2D eigenvalue weighted by molar-refractivity contribution is 7.17. The molecular formula is C21H25NO4S. The van der Waals surface area contributed by atoms with Crippen molar-refractivity contribution in [3.8, 4) is 5.75 Å². The van der Waals surface area contributed by atoms with E-state index in [1.54, 1.807) is 31.4 Å². The van der Waals surface area contributed by atoms with Crippen molar-refractivity contribution in [2.75, 3.05) is 12.4 Å². The molecule has 1 heterocycles. The average molecular weight is 388 g/mol. The molecule has 27 heavy (non-hydrogen) atoms. The number of fused-ring (bicyclic) bond motifs is 1. The van der Waals surface area contributed by atoms with E-state index in [0.29, 0.717) is 22.2 Å². The van der Waals surface area contributed by atoms with Crippen molar-refractivity contribution < 1.29 is 19.4 Å². The van der Waals surface area contributed by atoms with Gasteiger partial charge < -0.3 is 15.2 Å². The predicted molar refractivity (Wildman–Crippen MR) is 107 cm³/mol. The molecule has 5 nitrogen and oxygen atoms in total. The Hall–Kier alpha value is -2.34. The number of anilines is 1. The Balaban J connectivity index is 1.91. The van der Waals surface area contributed by atoms with E-state index in [1.807, 2.05) is 0 Å². The van der Waals surface area contributed by atoms with Crippen LogP contribution in [0.5, 0.6) is 5.75 Å². The number of hydrogen-bond acceptors (Lipinski definition) is 4. The molecule has 1 amide bonds. The molecule has 0 radical (unpaired) electrons. The summed E-state index contributed by atoms with van der Waals surface area (Å²) in [6.45, 7) is 6.67. The zero-order chi connectivity index (χ0) is 19.8. The smallest absolute Gasteiger partial charge is 0.339 e. The van der Waals surface area contributed by atoms with Crippen molar-refractivity contribution in [1.29, 1.82) is 0 Å². The first-order chi connectivity index (χ1) is 12.7. The van der Waals surface area contributed by atoms with Crippen LogP contribution in [-0.2, 0) is 12.8 Å². The number of benzene rings is 1. The Morgan fingerprint density at radius 3 is 2.67 bits per heavy atom. The van der Waals surface area contributed by atoms with Crippen molar-refractivity contribution >= 4 is 28.2 Å². The second kappa shape index (κ2) is 7.35. The van der Waals surface area contributed by atoms with Gasteiger partial charge in [-0.15, -0.1) is 11.3 Å². The van der Waals surface area contributed by atoms with E-state index in [2.05, 4.69) is 26.1 Å². The monoisotopic (exact) mass is 387 g/mol. The fourth-order valence-electron chi connectivity index (χ4n) is 3.58. The lowest BCUT2D eigenvalue weighted by Gasteiger charge is -2.33. The minimum Gasteiger partial charge on any atom is -0.497 e. The number of thiophene rings is 1. The zero-order valence-electron chi connectivity index (χ0n) is 16.1. The fourth-order valence-corrected chi connectivity index (χ4v) is 4.89. The number of carboxylic acid groups (broad SMARTS) is 1. The number of carboxylic acids is 1. The lowest BCUT2D eigenvalue weighted by atomic mass is 9.72. The average Bonchev–Trinajstić information content (AvgIpc) is 2.98. The molecule has 2 N–H and O–H groups in total. The SMILES string of the molecule is COc1cccc(C(=O)Nc2sc3c(c2C(=O)O)CCC(C(C)(C)C)C3)c1. The zero-order valence-corrected chi connectivity index (χ0v) is 16.9. The summed E-state index contributed by atoms with van der Waals surface area (Å²) in [5, 5.41) is 13.0. The maximum Gasteiger partial charge on any atom is 0.339 e. The van der Waals surface area contributed by atoms with E-state index in [4.69, 9.17) is 4.74 Å². The minimum atomic E-state index is -0.984. The van der Waals surface area contributed by atoms with E-state index in [9.17, 15) is 14.7 Å². The molecule has 1 aromatic carbocycles. The molecule has 6 heteroatoms. The molecule has 0 saturated carbocycles. The van der Waals surface area contributed by atoms with Gasteiger partial charge in [-0.25, -0.2) is 4.79 Å². The molecular weight excluding hydrogens is 362 g/mol. The molecule has 1 unspecified atom stereocenters. The number of methoxy groups -OCH3 is 1. The maximum atomic E-state index is 12.6. The second-order valence-corrected chi connectivity index (χ2v) is 9.11. The number of carbonyl (C=O) groups excluding carboxylic acids is 1. The van der Waals surface area contributed by atoms with Crippen LogP contribution in [0, 0.1) is 11.3 Å². The number of aromatic carboxylic acids is 1. The largest absolute Gasteiger partial charge is 0.497 e. The summed E-state index contributed by atoms with van der Waals surface area (Å²) in [4.78, 5) is 25.6. The van der Waals surface area contributed by atoms with Crippen LogP contribution < -0.4 is 10.1 Å². The molecule has 1 aliphatic rings. The summed E-state index contributed by atoms with van der Waals surface area (Å²) in [6, 6.07) is 6.82. The fraction of sp³-hybridized carbons (Fsp3) is 0.429. The van der Waals surface area contributed by atoms with Crippen molar-refractivity contribution in [3.05, 3.63) is 45.8 Å². The van der Waals surface area contributed by atoms with Crippen LogP contribution >= 0.6 is 11.3 Å². The topological polar surface area (TPSA) is 75.6 Å². The molecule has 2 aromatic rings. The van der Waals surface area contributed by atoms with Gasteiger partial charge in [-0.1, -0.05) is 26.8 Å². The van der Waals surface area contributed by atoms with Gasteiger partial charge in [-0.2, -0.15) is 0 Å². The van der Waals surface area contributed by atoms with E-state index in [1.165, 1.54) is 11.3 Å². The first-order valence-corrected chi connectivity index (χ1v) is 9.85. The van der Waals surface area contributed by atoms with Gasteiger partial charge in [0.25, 0.3) is 5.91 Å². The van der Waals surface area contributed by atoms with Crippen molar-refractivity contribution in [1.82, 2.24) is 0 Å². The third-order valence-corrected chi connectivity index (χ3v) is 6.43. The van der Waals surface area contributed by atoms with Gasteiger partial charge in [-0.05, 0) is 54.4 Å². The molecule has 0 saturated heterocycles. The van der Waals surface area contributed by atoms with E-state index in [-0.39, 0.29) is 16.9 Å². The van der Waals surface area contributed by atoms with E-state index >= 15 is 0 Å². The molecule has 1 atom stereocenters. The lowest BCUT2D eigenvalue weighted by Crippen LogP contribution is -2.26. The molecule has 1 aromatic heterocycles. The van der Waals surface area contributed by atoms with Crippen LogP contribution in [0.1, 0.15) is 58.3 Å². The standard InChI is InChI=1S/C21H25NO4S/c1-21(2,3)13-8-9-15-16(11-13)27-19(17(15)20(24)25)22-18(23)12-6-5-7-14(10-12)26-4/h5-7,10,13H,8-9,11H2,1-4H3,(H,22,23)(H,24,25). The summed E-state index contributed by atoms with van der Waals surface area (Å²) in [5.41, 5.74) is 1.74. The third-order valence-electron chi connectivity index (χ3n) is 5.26. The Labute approximate surface area is 163 Å². The highest BCUT2D eigenvalue weighted by atomic mass is 32.1. The molecule has 0 spiro atoms. The summed E-state index contributed by atoms with van der Waals surface area (Å²) in [6.07, 6.45) is 2.57. The van der Waals surface area contributed by atoms with Crippen molar-refractivity contribution in [2.45, 2.75) is 40.0 Å². The molecule has 3 rings (SSSR count). The number of rotatable bonds is 4. The van der Waals surface area contributed by atoms with Gasteiger partial charge in [0, 0.05) is 10.4 Å². The molecule has 1 aliphatic carbocycles. The van der Waals surface area contributed by atoms with Gasteiger partial charge in [0.1, 0.15) is 10.8 Å². The van der Waals surface area contributed by atoms with Gasteiger partial charge in [0.15, 0.2) is 0 Å². The van der Waals surface area contributed by atoms with Gasteiger partial charge in [0.2, 0.25) is 0 Å². The van der Waals surface area contributed by atoms with Gasteiger partial charge in [-0.3, -0.25) is 4.79 Å². The summed E-state index contributed by atoms with van der Waals surface area (Å²) >= 11 is 1.40. The van der Waals surface area contributed by atoms with Crippen molar-refractivity contribution in [3.63, 3.8) is 0 Å². The number of amides is 1. The summed E-state index contributed by atoms with van der Waals surface area (Å²) < 4.78 is 5.16. The predicted octanol–water partition coefficient (Wildman–Crippen LogP) is 4.86. The molecule has 144 valence electrons. The summed E-state index contributed by atoms with van der Waals surface area (Å²) in [5.74, 6) is -0.225. The van der Waals surface area contributed by atoms with Crippen LogP contribution in [0.15, 0.2) is 24.3 Å². The third kappa shape index (κ3) is 4.00. The lowest BCUT2D eigenvalue weighted by molar-refractivity contribution is 0.0696. The van der Waals surface area contributed by atoms with Crippen LogP contribution in [-0.4, -0.2) is 24.1 Å². The Morgan fingerprint density at radius 2 is 2.04 bits per heavy atom. The van der Waals surface area contributed by atoms with Crippen LogP contribution in [0.4, 0.5) is 5.00 Å². The maximum absolute atomic E-state index is 12.6. The van der Waals surface area contributed by atoms with E-state index in [0.717, 1.165) is 29.7 Å². The number of hydrogen-bond donors (Lipinski definition) is 2. The minimum absolute atomic E-state index is 0.176. The molecule has 0 aliphatic heterocycles. The molecule has 0 fully saturated rings. The number of ether oxygens (including phenoxy) is 1. The first kappa shape index (κ1) is 19.4. The van der Waals surface area contributed by atoms with E-state index < -0.39 is 5.97 Å². The Bertz CT molecular complexity index is 879. The number of nitrogens with one attached hydrogen (secondary N) is 1. The highest BCUT2D eigenvalue weighted by Crippen LogP contribution is 2.44. The van der Waals surface area contributed by atoms with Crippen molar-refractivity contribution in [2.24, 2.45) is 11.3 Å². The highest BCUT2D eigenvalue weighted by Gasteiger charge is 2.34. The normalized spacial score (nSPS) is 16.5. The van der Waals surface area contributed by atoms with Gasteiger partial charge >= 0.3 is 5.97 Å². The molecule has 0 bridgehead atoms. The van der Waals surface area contributed by atoms with Crippen LogP contribution in [0.3, 0.4) is 0 Å². The Kier molecular flexibility index (Phi) is 5.29. The Morgan fingerprint density at radius 1 is 1.30 bits per heavy atom. The quantitative estimate of drug-likeness (QED) is 0.786. The van der Waals surface area contributed by atoms with Crippen LogP contribution in [0.2, 0.25) is 0 Å². The first-order valence-electron chi connectivity index (χ1n) is 9.04.